The predicted octanol–water partition coefficient (Wildman–Crippen LogP) is 3.13. The Kier molecular flexibility index (Phi) is 4.97. The van der Waals surface area contributed by atoms with Crippen LogP contribution in [-0.4, -0.2) is 27.6 Å². The van der Waals surface area contributed by atoms with Crippen LogP contribution in [-0.2, 0) is 17.9 Å². The number of aromatic nitrogens is 2. The first-order chi connectivity index (χ1) is 13.1. The van der Waals surface area contributed by atoms with Crippen molar-refractivity contribution in [3.8, 4) is 0 Å². The average molecular weight is 366 g/mol. The molecule has 2 aliphatic rings. The SMILES string of the molecule is C[C@@H]1CCCC[C@@H]1NC(=O)c1ccc(CN2C(=O)CCn3nccc32)cc1. The summed E-state index contributed by atoms with van der Waals surface area (Å²) in [7, 11) is 0. The lowest BCUT2D eigenvalue weighted by molar-refractivity contribution is -0.119. The molecule has 2 amide bonds. The fraction of sp³-hybridized carbons (Fsp3) is 0.476. The van der Waals surface area contributed by atoms with Crippen LogP contribution in [0.5, 0.6) is 0 Å². The first-order valence-electron chi connectivity index (χ1n) is 9.84. The third kappa shape index (κ3) is 3.75. The Balaban J connectivity index is 1.42. The summed E-state index contributed by atoms with van der Waals surface area (Å²) in [5.74, 6) is 1.47. The summed E-state index contributed by atoms with van der Waals surface area (Å²) in [6, 6.07) is 9.71. The van der Waals surface area contributed by atoms with Crippen LogP contribution in [0.25, 0.3) is 0 Å². The maximum atomic E-state index is 12.6. The van der Waals surface area contributed by atoms with E-state index in [0.717, 1.165) is 17.8 Å². The van der Waals surface area contributed by atoms with E-state index in [2.05, 4.69) is 17.3 Å². The van der Waals surface area contributed by atoms with E-state index >= 15 is 0 Å². The summed E-state index contributed by atoms with van der Waals surface area (Å²) in [4.78, 5) is 26.6. The second kappa shape index (κ2) is 7.55. The Morgan fingerprint density at radius 3 is 2.74 bits per heavy atom. The Bertz CT molecular complexity index is 827. The molecule has 2 heterocycles. The van der Waals surface area contributed by atoms with E-state index in [1.165, 1.54) is 19.3 Å². The molecule has 2 atom stereocenters. The number of nitrogens with zero attached hydrogens (tertiary/aromatic N) is 3. The van der Waals surface area contributed by atoms with Gasteiger partial charge in [-0.3, -0.25) is 14.5 Å². The van der Waals surface area contributed by atoms with Crippen molar-refractivity contribution in [3.63, 3.8) is 0 Å². The minimum atomic E-state index is -0.00701. The van der Waals surface area contributed by atoms with Gasteiger partial charge in [0.25, 0.3) is 5.91 Å². The van der Waals surface area contributed by atoms with Gasteiger partial charge in [0.2, 0.25) is 5.91 Å². The van der Waals surface area contributed by atoms with E-state index in [-0.39, 0.29) is 17.9 Å². The number of nitrogens with one attached hydrogen (secondary N) is 1. The van der Waals surface area contributed by atoms with Gasteiger partial charge in [-0.05, 0) is 36.5 Å². The normalized spacial score (nSPS) is 22.4. The summed E-state index contributed by atoms with van der Waals surface area (Å²) >= 11 is 0. The predicted molar refractivity (Wildman–Crippen MR) is 103 cm³/mol. The number of hydrogen-bond acceptors (Lipinski definition) is 3. The fourth-order valence-electron chi connectivity index (χ4n) is 4.09. The zero-order valence-corrected chi connectivity index (χ0v) is 15.7. The molecular formula is C21H26N4O2. The van der Waals surface area contributed by atoms with Crippen molar-refractivity contribution in [1.29, 1.82) is 0 Å². The number of hydrogen-bond donors (Lipinski definition) is 1. The van der Waals surface area contributed by atoms with E-state index in [1.54, 1.807) is 11.1 Å². The zero-order valence-electron chi connectivity index (χ0n) is 15.7. The number of carbonyl (C=O) groups is 2. The molecule has 1 aromatic carbocycles. The molecule has 27 heavy (non-hydrogen) atoms. The van der Waals surface area contributed by atoms with Gasteiger partial charge < -0.3 is 5.32 Å². The summed E-state index contributed by atoms with van der Waals surface area (Å²) in [6.07, 6.45) is 6.89. The van der Waals surface area contributed by atoms with Gasteiger partial charge in [-0.2, -0.15) is 5.10 Å². The second-order valence-electron chi connectivity index (χ2n) is 7.68. The molecule has 6 nitrogen and oxygen atoms in total. The quantitative estimate of drug-likeness (QED) is 0.904. The lowest BCUT2D eigenvalue weighted by Crippen LogP contribution is -2.41. The minimum Gasteiger partial charge on any atom is -0.349 e. The molecule has 4 rings (SSSR count). The third-order valence-electron chi connectivity index (χ3n) is 5.79. The van der Waals surface area contributed by atoms with Crippen molar-refractivity contribution in [2.45, 2.75) is 58.2 Å². The number of fused-ring (bicyclic) bond motifs is 1. The molecule has 0 bridgehead atoms. The lowest BCUT2D eigenvalue weighted by Gasteiger charge is -2.29. The molecule has 1 aliphatic heterocycles. The van der Waals surface area contributed by atoms with Crippen LogP contribution < -0.4 is 10.2 Å². The second-order valence-corrected chi connectivity index (χ2v) is 7.68. The van der Waals surface area contributed by atoms with Crippen LogP contribution in [0, 0.1) is 5.92 Å². The van der Waals surface area contributed by atoms with Crippen molar-refractivity contribution in [2.75, 3.05) is 4.90 Å². The van der Waals surface area contributed by atoms with Gasteiger partial charge in [-0.15, -0.1) is 0 Å². The maximum absolute atomic E-state index is 12.6. The molecule has 1 aromatic heterocycles. The first kappa shape index (κ1) is 17.8. The highest BCUT2D eigenvalue weighted by Gasteiger charge is 2.25. The number of carbonyl (C=O) groups excluding carboxylic acids is 2. The van der Waals surface area contributed by atoms with E-state index in [9.17, 15) is 9.59 Å². The van der Waals surface area contributed by atoms with Crippen LogP contribution in [0.4, 0.5) is 5.82 Å². The third-order valence-corrected chi connectivity index (χ3v) is 5.79. The Morgan fingerprint density at radius 2 is 1.96 bits per heavy atom. The molecule has 1 saturated carbocycles. The van der Waals surface area contributed by atoms with Gasteiger partial charge >= 0.3 is 0 Å². The summed E-state index contributed by atoms with van der Waals surface area (Å²) < 4.78 is 1.86. The topological polar surface area (TPSA) is 67.2 Å². The highest BCUT2D eigenvalue weighted by molar-refractivity contribution is 5.95. The van der Waals surface area contributed by atoms with E-state index < -0.39 is 0 Å². The molecule has 142 valence electrons. The Labute approximate surface area is 159 Å². The number of benzene rings is 1. The molecular weight excluding hydrogens is 340 g/mol. The van der Waals surface area contributed by atoms with Gasteiger partial charge in [-0.1, -0.05) is 31.9 Å². The molecule has 0 saturated heterocycles. The zero-order chi connectivity index (χ0) is 18.8. The van der Waals surface area contributed by atoms with Gasteiger partial charge in [-0.25, -0.2) is 4.68 Å². The molecule has 0 unspecified atom stereocenters. The van der Waals surface area contributed by atoms with Crippen LogP contribution in [0.1, 0.15) is 54.9 Å². The number of amides is 2. The van der Waals surface area contributed by atoms with Crippen LogP contribution in [0.3, 0.4) is 0 Å². The molecule has 0 spiro atoms. The van der Waals surface area contributed by atoms with Gasteiger partial charge in [0.15, 0.2) is 0 Å². The summed E-state index contributed by atoms with van der Waals surface area (Å²) in [5.41, 5.74) is 1.67. The molecule has 2 aromatic rings. The maximum Gasteiger partial charge on any atom is 0.251 e. The molecule has 0 radical (unpaired) electrons. The van der Waals surface area contributed by atoms with E-state index in [1.807, 2.05) is 35.0 Å². The minimum absolute atomic E-state index is 0.00701. The number of anilines is 1. The molecule has 1 N–H and O–H groups in total. The van der Waals surface area contributed by atoms with Crippen molar-refractivity contribution in [1.82, 2.24) is 15.1 Å². The highest BCUT2D eigenvalue weighted by atomic mass is 16.2. The molecule has 6 heteroatoms. The van der Waals surface area contributed by atoms with Crippen molar-refractivity contribution < 1.29 is 9.59 Å². The standard InChI is InChI=1S/C21H26N4O2/c1-15-4-2-3-5-18(15)23-21(27)17-8-6-16(7-9-17)14-24-19-10-12-22-25(19)13-11-20(24)26/h6-10,12,15,18H,2-5,11,13-14H2,1H3,(H,23,27)/t15-,18+/m1/s1. The molecule has 1 aliphatic carbocycles. The van der Waals surface area contributed by atoms with Gasteiger partial charge in [0, 0.05) is 24.1 Å². The van der Waals surface area contributed by atoms with Gasteiger partial charge in [0.05, 0.1) is 19.3 Å². The van der Waals surface area contributed by atoms with Crippen LogP contribution >= 0.6 is 0 Å². The highest BCUT2D eigenvalue weighted by Crippen LogP contribution is 2.25. The summed E-state index contributed by atoms with van der Waals surface area (Å²) in [6.45, 7) is 3.34. The smallest absolute Gasteiger partial charge is 0.251 e. The van der Waals surface area contributed by atoms with Crippen molar-refractivity contribution >= 4 is 17.6 Å². The lowest BCUT2D eigenvalue weighted by atomic mass is 9.86. The summed E-state index contributed by atoms with van der Waals surface area (Å²) in [5, 5.41) is 7.44. The van der Waals surface area contributed by atoms with Crippen molar-refractivity contribution in [2.24, 2.45) is 5.92 Å². The fourth-order valence-corrected chi connectivity index (χ4v) is 4.09. The Hall–Kier alpha value is -2.63. The van der Waals surface area contributed by atoms with E-state index in [4.69, 9.17) is 0 Å². The average Bonchev–Trinajstić information content (AvgIpc) is 3.15. The largest absolute Gasteiger partial charge is 0.349 e. The Morgan fingerprint density at radius 1 is 1.19 bits per heavy atom. The number of rotatable bonds is 4. The van der Waals surface area contributed by atoms with E-state index in [0.29, 0.717) is 31.0 Å². The number of aryl methyl sites for hydroxylation is 1. The van der Waals surface area contributed by atoms with Crippen LogP contribution in [0.15, 0.2) is 36.5 Å². The first-order valence-corrected chi connectivity index (χ1v) is 9.84. The van der Waals surface area contributed by atoms with Gasteiger partial charge in [0.1, 0.15) is 5.82 Å². The monoisotopic (exact) mass is 366 g/mol. The van der Waals surface area contributed by atoms with Crippen LogP contribution in [0.2, 0.25) is 0 Å². The molecule has 1 fully saturated rings. The van der Waals surface area contributed by atoms with Crippen molar-refractivity contribution in [3.05, 3.63) is 47.7 Å².